The lowest BCUT2D eigenvalue weighted by molar-refractivity contribution is 0.143. The average Bonchev–Trinajstić information content (AvgIpc) is 3.05. The zero-order chi connectivity index (χ0) is 23.8. The van der Waals surface area contributed by atoms with Crippen molar-refractivity contribution in [3.05, 3.63) is 58.4 Å². The topological polar surface area (TPSA) is 61.9 Å². The highest BCUT2D eigenvalue weighted by Gasteiger charge is 2.47. The van der Waals surface area contributed by atoms with Gasteiger partial charge in [0.15, 0.2) is 0 Å². The molecule has 0 spiro atoms. The zero-order valence-electron chi connectivity index (χ0n) is 19.2. The fraction of sp³-hybridized carbons (Fsp3) is 0.500. The predicted molar refractivity (Wildman–Crippen MR) is 128 cm³/mol. The van der Waals surface area contributed by atoms with Gasteiger partial charge in [-0.1, -0.05) is 17.7 Å². The lowest BCUT2D eigenvalue weighted by Crippen LogP contribution is -2.50. The van der Waals surface area contributed by atoms with Crippen LogP contribution < -0.4 is 5.32 Å². The first-order chi connectivity index (χ1) is 15.7. The van der Waals surface area contributed by atoms with Crippen LogP contribution in [0, 0.1) is 5.82 Å². The molecule has 0 aliphatic carbocycles. The standard InChI is InChI=1S/C24H31ClFN3O3S/c1-28(2)20-11-18-5-6-19(12-20)29(18)33(30,31)21-7-9-24(22(25)13-21)27-14-16-4-8-23(26)17(10-16)15-32-3/h4,7-10,13,18-20,27H,5-6,11-12,14-15H2,1-3H3/t18-,19+,20?. The smallest absolute Gasteiger partial charge is 0.243 e. The maximum Gasteiger partial charge on any atom is 0.243 e. The van der Waals surface area contributed by atoms with Gasteiger partial charge in [-0.15, -0.1) is 0 Å². The molecule has 33 heavy (non-hydrogen) atoms. The summed E-state index contributed by atoms with van der Waals surface area (Å²) >= 11 is 6.47. The number of benzene rings is 2. The van der Waals surface area contributed by atoms with E-state index in [1.807, 2.05) is 0 Å². The van der Waals surface area contributed by atoms with E-state index in [-0.39, 0.29) is 29.4 Å². The van der Waals surface area contributed by atoms with Gasteiger partial charge in [0.05, 0.1) is 22.2 Å². The Kier molecular flexibility index (Phi) is 7.31. The summed E-state index contributed by atoms with van der Waals surface area (Å²) in [5.41, 5.74) is 1.98. The summed E-state index contributed by atoms with van der Waals surface area (Å²) in [6, 6.07) is 10.2. The summed E-state index contributed by atoms with van der Waals surface area (Å²) in [6.45, 7) is 0.617. The van der Waals surface area contributed by atoms with Crippen molar-refractivity contribution in [3.8, 4) is 0 Å². The van der Waals surface area contributed by atoms with Gasteiger partial charge in [-0.3, -0.25) is 0 Å². The number of hydrogen-bond donors (Lipinski definition) is 1. The first kappa shape index (κ1) is 24.4. The Morgan fingerprint density at radius 3 is 2.45 bits per heavy atom. The number of piperidine rings is 1. The molecular formula is C24H31ClFN3O3S. The predicted octanol–water partition coefficient (Wildman–Crippen LogP) is 4.48. The number of hydrogen-bond acceptors (Lipinski definition) is 5. The third-order valence-corrected chi connectivity index (χ3v) is 9.09. The molecule has 2 aromatic rings. The second kappa shape index (κ2) is 9.88. The molecule has 2 heterocycles. The van der Waals surface area contributed by atoms with Crippen molar-refractivity contribution < 1.29 is 17.5 Å². The Bertz CT molecular complexity index is 1100. The molecule has 2 aliphatic rings. The first-order valence-electron chi connectivity index (χ1n) is 11.2. The highest BCUT2D eigenvalue weighted by Crippen LogP contribution is 2.41. The number of nitrogens with zero attached hydrogens (tertiary/aromatic N) is 2. The zero-order valence-corrected chi connectivity index (χ0v) is 20.8. The third-order valence-electron chi connectivity index (χ3n) is 6.78. The highest BCUT2D eigenvalue weighted by molar-refractivity contribution is 7.89. The van der Waals surface area contributed by atoms with Gasteiger partial charge in [-0.2, -0.15) is 4.31 Å². The van der Waals surface area contributed by atoms with Crippen molar-refractivity contribution in [1.82, 2.24) is 9.21 Å². The van der Waals surface area contributed by atoms with Crippen molar-refractivity contribution in [2.75, 3.05) is 26.5 Å². The normalized spacial score (nSPS) is 23.3. The summed E-state index contributed by atoms with van der Waals surface area (Å²) < 4.78 is 47.6. The summed E-state index contributed by atoms with van der Waals surface area (Å²) in [4.78, 5) is 2.42. The number of nitrogens with one attached hydrogen (secondary N) is 1. The molecule has 9 heteroatoms. The molecule has 3 atom stereocenters. The van der Waals surface area contributed by atoms with Crippen LogP contribution in [-0.4, -0.2) is 57.0 Å². The van der Waals surface area contributed by atoms with Crippen LogP contribution in [0.4, 0.5) is 10.1 Å². The molecule has 2 bridgehead atoms. The molecule has 0 amide bonds. The van der Waals surface area contributed by atoms with Gasteiger partial charge in [0.25, 0.3) is 0 Å². The van der Waals surface area contributed by atoms with E-state index in [1.165, 1.54) is 19.2 Å². The Labute approximate surface area is 200 Å². The number of fused-ring (bicyclic) bond motifs is 2. The van der Waals surface area contributed by atoms with Gasteiger partial charge >= 0.3 is 0 Å². The van der Waals surface area contributed by atoms with Crippen molar-refractivity contribution in [1.29, 1.82) is 0 Å². The fourth-order valence-corrected chi connectivity index (χ4v) is 7.27. The molecular weight excluding hydrogens is 465 g/mol. The van der Waals surface area contributed by atoms with Gasteiger partial charge in [-0.25, -0.2) is 12.8 Å². The lowest BCUT2D eigenvalue weighted by atomic mass is 9.99. The van der Waals surface area contributed by atoms with E-state index in [9.17, 15) is 12.8 Å². The molecule has 180 valence electrons. The van der Waals surface area contributed by atoms with Crippen LogP contribution in [0.2, 0.25) is 5.02 Å². The van der Waals surface area contributed by atoms with Gasteiger partial charge in [0.2, 0.25) is 10.0 Å². The summed E-state index contributed by atoms with van der Waals surface area (Å²) in [5, 5.41) is 3.55. The van der Waals surface area contributed by atoms with Crippen LogP contribution in [-0.2, 0) is 27.9 Å². The minimum atomic E-state index is -3.62. The largest absolute Gasteiger partial charge is 0.380 e. The first-order valence-corrected chi connectivity index (χ1v) is 13.0. The third kappa shape index (κ3) is 5.05. The Hall–Kier alpha value is -1.71. The van der Waals surface area contributed by atoms with E-state index < -0.39 is 10.0 Å². The second-order valence-electron chi connectivity index (χ2n) is 9.16. The van der Waals surface area contributed by atoms with Gasteiger partial charge in [0, 0.05) is 37.3 Å². The molecule has 0 aromatic heterocycles. The van der Waals surface area contributed by atoms with Crippen molar-refractivity contribution in [2.24, 2.45) is 0 Å². The SMILES string of the molecule is COCc1cc(CNc2ccc(S(=O)(=O)N3[C@@H]4CC[C@H]3CC(N(C)C)C4)cc2Cl)ccc1F. The van der Waals surface area contributed by atoms with E-state index in [4.69, 9.17) is 16.3 Å². The lowest BCUT2D eigenvalue weighted by Gasteiger charge is -2.40. The maximum absolute atomic E-state index is 13.8. The summed E-state index contributed by atoms with van der Waals surface area (Å²) in [5.74, 6) is -0.309. The molecule has 6 nitrogen and oxygen atoms in total. The van der Waals surface area contributed by atoms with E-state index in [0.29, 0.717) is 28.9 Å². The summed E-state index contributed by atoms with van der Waals surface area (Å²) in [6.07, 6.45) is 3.53. The van der Waals surface area contributed by atoms with Crippen LogP contribution in [0.15, 0.2) is 41.3 Å². The molecule has 1 N–H and O–H groups in total. The van der Waals surface area contributed by atoms with Crippen LogP contribution >= 0.6 is 11.6 Å². The quantitative estimate of drug-likeness (QED) is 0.585. The molecule has 1 unspecified atom stereocenters. The van der Waals surface area contributed by atoms with E-state index in [2.05, 4.69) is 24.3 Å². The minimum absolute atomic E-state index is 0.0394. The van der Waals surface area contributed by atoms with Crippen LogP contribution in [0.5, 0.6) is 0 Å². The van der Waals surface area contributed by atoms with Gasteiger partial charge in [0.1, 0.15) is 5.82 Å². The maximum atomic E-state index is 13.8. The molecule has 2 saturated heterocycles. The number of anilines is 1. The number of sulfonamides is 1. The minimum Gasteiger partial charge on any atom is -0.380 e. The molecule has 0 radical (unpaired) electrons. The molecule has 4 rings (SSSR count). The Balaban J connectivity index is 1.48. The van der Waals surface area contributed by atoms with Crippen molar-refractivity contribution in [3.63, 3.8) is 0 Å². The number of methoxy groups -OCH3 is 1. The van der Waals surface area contributed by atoms with E-state index in [1.54, 1.807) is 28.6 Å². The number of rotatable bonds is 8. The van der Waals surface area contributed by atoms with Crippen molar-refractivity contribution >= 4 is 27.3 Å². The fourth-order valence-electron chi connectivity index (χ4n) is 5.04. The average molecular weight is 496 g/mol. The van der Waals surface area contributed by atoms with Crippen LogP contribution in [0.25, 0.3) is 0 Å². The van der Waals surface area contributed by atoms with Crippen molar-refractivity contribution in [2.45, 2.75) is 61.9 Å². The van der Waals surface area contributed by atoms with E-state index >= 15 is 0 Å². The second-order valence-corrected chi connectivity index (χ2v) is 11.4. The Morgan fingerprint density at radius 1 is 1.15 bits per heavy atom. The van der Waals surface area contributed by atoms with Gasteiger partial charge < -0.3 is 15.0 Å². The molecule has 2 aliphatic heterocycles. The highest BCUT2D eigenvalue weighted by atomic mass is 35.5. The Morgan fingerprint density at radius 2 is 1.85 bits per heavy atom. The molecule has 2 aromatic carbocycles. The molecule has 2 fully saturated rings. The number of ether oxygens (including phenoxy) is 1. The van der Waals surface area contributed by atoms with E-state index in [0.717, 1.165) is 31.2 Å². The monoisotopic (exact) mass is 495 g/mol. The van der Waals surface area contributed by atoms with Crippen LogP contribution in [0.3, 0.4) is 0 Å². The van der Waals surface area contributed by atoms with Crippen LogP contribution in [0.1, 0.15) is 36.8 Å². The number of halogens is 2. The summed E-state index contributed by atoms with van der Waals surface area (Å²) in [7, 11) is 2.02. The molecule has 0 saturated carbocycles. The van der Waals surface area contributed by atoms with Gasteiger partial charge in [-0.05, 0) is 75.7 Å².